The topological polar surface area (TPSA) is 50.9 Å². The van der Waals surface area contributed by atoms with Crippen LogP contribution in [0.5, 0.6) is 0 Å². The molecule has 4 heteroatoms. The van der Waals surface area contributed by atoms with Gasteiger partial charge in [-0.3, -0.25) is 0 Å². The van der Waals surface area contributed by atoms with Crippen LogP contribution in [0.1, 0.15) is 26.3 Å². The monoisotopic (exact) mass is 263 g/mol. The second-order valence-electron chi connectivity index (χ2n) is 5.81. The fourth-order valence-electron chi connectivity index (χ4n) is 1.89. The Bertz CT molecular complexity index is 421. The van der Waals surface area contributed by atoms with Gasteiger partial charge < -0.3 is 14.8 Å². The van der Waals surface area contributed by atoms with Crippen molar-refractivity contribution in [1.82, 2.24) is 5.32 Å². The second-order valence-corrected chi connectivity index (χ2v) is 5.81. The summed E-state index contributed by atoms with van der Waals surface area (Å²) in [6, 6.07) is 10.0. The summed E-state index contributed by atoms with van der Waals surface area (Å²) in [5.74, 6) is 0. The molecule has 0 spiro atoms. The fourth-order valence-corrected chi connectivity index (χ4v) is 1.89. The maximum atomic E-state index is 11.8. The van der Waals surface area contributed by atoms with E-state index in [4.69, 9.17) is 9.47 Å². The first-order chi connectivity index (χ1) is 8.94. The predicted octanol–water partition coefficient (Wildman–Crippen LogP) is 2.52. The van der Waals surface area contributed by atoms with Gasteiger partial charge in [0.1, 0.15) is 11.7 Å². The summed E-state index contributed by atoms with van der Waals surface area (Å²) >= 11 is 0. The molecule has 1 aliphatic rings. The van der Waals surface area contributed by atoms with Crippen molar-refractivity contribution in [3.8, 4) is 0 Å². The summed E-state index contributed by atoms with van der Waals surface area (Å²) in [7, 11) is 0. The molecule has 1 amide bonds. The van der Waals surface area contributed by atoms with Crippen molar-refractivity contribution < 1.29 is 14.3 Å². The molecule has 0 aromatic heterocycles. The first kappa shape index (κ1) is 13.9. The van der Waals surface area contributed by atoms with Gasteiger partial charge in [0.2, 0.25) is 0 Å². The highest BCUT2D eigenvalue weighted by atomic mass is 16.6. The number of ether oxygens (including phenoxy) is 2. The number of carbonyl (C=O) groups is 1. The number of carbonyl (C=O) groups excluding carboxylic acids is 1. The van der Waals surface area contributed by atoms with Gasteiger partial charge in [-0.2, -0.15) is 0 Å². The summed E-state index contributed by atoms with van der Waals surface area (Å²) in [6.45, 7) is 6.26. The molecule has 0 aliphatic carbocycles. The van der Waals surface area contributed by atoms with E-state index in [0.29, 0.717) is 6.61 Å². The van der Waals surface area contributed by atoms with Crippen LogP contribution in [0.15, 0.2) is 30.3 Å². The summed E-state index contributed by atoms with van der Waals surface area (Å²) in [5, 5.41) is 2.90. The number of hydrogen-bond donors (Lipinski definition) is 1. The smallest absolute Gasteiger partial charge is 0.407 e. The van der Waals surface area contributed by atoms with Gasteiger partial charge in [-0.1, -0.05) is 30.3 Å². The first-order valence-corrected chi connectivity index (χ1v) is 6.59. The Morgan fingerprint density at radius 3 is 2.58 bits per heavy atom. The quantitative estimate of drug-likeness (QED) is 0.849. The molecule has 0 radical (unpaired) electrons. The number of hydrogen-bond acceptors (Lipinski definition) is 3. The van der Waals surface area contributed by atoms with Crippen molar-refractivity contribution in [2.24, 2.45) is 0 Å². The van der Waals surface area contributed by atoms with Crippen molar-refractivity contribution in [3.05, 3.63) is 35.9 Å². The highest BCUT2D eigenvalue weighted by Gasteiger charge is 2.34. The van der Waals surface area contributed by atoms with Crippen LogP contribution in [0.4, 0.5) is 4.79 Å². The zero-order valence-electron chi connectivity index (χ0n) is 11.7. The maximum Gasteiger partial charge on any atom is 0.407 e. The molecule has 2 rings (SSSR count). The van der Waals surface area contributed by atoms with Crippen molar-refractivity contribution >= 4 is 6.09 Å². The minimum absolute atomic E-state index is 0.0303. The molecule has 104 valence electrons. The molecule has 1 aromatic carbocycles. The lowest BCUT2D eigenvalue weighted by Gasteiger charge is -2.23. The van der Waals surface area contributed by atoms with E-state index in [-0.39, 0.29) is 18.2 Å². The Morgan fingerprint density at radius 2 is 2.05 bits per heavy atom. The van der Waals surface area contributed by atoms with Crippen LogP contribution in [0.3, 0.4) is 0 Å². The Morgan fingerprint density at radius 1 is 1.42 bits per heavy atom. The Kier molecular flexibility index (Phi) is 4.10. The van der Waals surface area contributed by atoms with Crippen LogP contribution in [0, 0.1) is 0 Å². The van der Waals surface area contributed by atoms with Gasteiger partial charge in [-0.15, -0.1) is 0 Å². The standard InChI is InChI=1S/C15H21NO3/c1-15(2,3)19-14(17)16-12(13-10-18-13)9-11-7-5-4-6-8-11/h4-8,12-13H,9-10H2,1-3H3,(H,16,17)/t12-,13?/m1/s1. The van der Waals surface area contributed by atoms with E-state index < -0.39 is 5.60 Å². The Labute approximate surface area is 114 Å². The number of rotatable bonds is 4. The molecule has 1 N–H and O–H groups in total. The summed E-state index contributed by atoms with van der Waals surface area (Å²) in [5.41, 5.74) is 0.699. The van der Waals surface area contributed by atoms with Gasteiger partial charge >= 0.3 is 6.09 Å². The summed E-state index contributed by atoms with van der Waals surface area (Å²) in [6.07, 6.45) is 0.474. The number of alkyl carbamates (subject to hydrolysis) is 1. The molecule has 2 atom stereocenters. The van der Waals surface area contributed by atoms with Crippen molar-refractivity contribution in [3.63, 3.8) is 0 Å². The number of amides is 1. The van der Waals surface area contributed by atoms with E-state index >= 15 is 0 Å². The highest BCUT2D eigenvalue weighted by molar-refractivity contribution is 5.68. The van der Waals surface area contributed by atoms with Crippen LogP contribution in [-0.4, -0.2) is 30.4 Å². The van der Waals surface area contributed by atoms with E-state index in [1.54, 1.807) is 0 Å². The largest absolute Gasteiger partial charge is 0.444 e. The average Bonchev–Trinajstić information content (AvgIpc) is 3.10. The van der Waals surface area contributed by atoms with Crippen LogP contribution in [0.25, 0.3) is 0 Å². The Hall–Kier alpha value is -1.55. The first-order valence-electron chi connectivity index (χ1n) is 6.59. The number of epoxide rings is 1. The van der Waals surface area contributed by atoms with Crippen molar-refractivity contribution in [2.75, 3.05) is 6.61 Å². The highest BCUT2D eigenvalue weighted by Crippen LogP contribution is 2.18. The molecule has 1 unspecified atom stereocenters. The number of nitrogens with one attached hydrogen (secondary N) is 1. The van der Waals surface area contributed by atoms with Crippen LogP contribution in [0.2, 0.25) is 0 Å². The van der Waals surface area contributed by atoms with Gasteiger partial charge in [-0.25, -0.2) is 4.79 Å². The predicted molar refractivity (Wildman–Crippen MR) is 73.0 cm³/mol. The third-order valence-corrected chi connectivity index (χ3v) is 2.81. The van der Waals surface area contributed by atoms with Crippen molar-refractivity contribution in [2.45, 2.75) is 44.9 Å². The van der Waals surface area contributed by atoms with Crippen LogP contribution >= 0.6 is 0 Å². The van der Waals surface area contributed by atoms with Gasteiger partial charge in [0, 0.05) is 0 Å². The lowest BCUT2D eigenvalue weighted by Crippen LogP contribution is -2.43. The van der Waals surface area contributed by atoms with Crippen molar-refractivity contribution in [1.29, 1.82) is 0 Å². The van der Waals surface area contributed by atoms with Crippen LogP contribution < -0.4 is 5.32 Å². The minimum atomic E-state index is -0.480. The number of benzene rings is 1. The van der Waals surface area contributed by atoms with E-state index in [0.717, 1.165) is 6.42 Å². The lowest BCUT2D eigenvalue weighted by atomic mass is 10.0. The van der Waals surface area contributed by atoms with Gasteiger partial charge in [0.15, 0.2) is 0 Å². The van der Waals surface area contributed by atoms with Gasteiger partial charge in [-0.05, 0) is 32.8 Å². The summed E-state index contributed by atoms with van der Waals surface area (Å²) < 4.78 is 10.6. The third kappa shape index (κ3) is 4.91. The van der Waals surface area contributed by atoms with Gasteiger partial charge in [0.05, 0.1) is 12.6 Å². The second kappa shape index (κ2) is 5.61. The molecule has 1 fully saturated rings. The van der Waals surface area contributed by atoms with E-state index in [9.17, 15) is 4.79 Å². The Balaban J connectivity index is 1.92. The summed E-state index contributed by atoms with van der Waals surface area (Å²) in [4.78, 5) is 11.8. The lowest BCUT2D eigenvalue weighted by molar-refractivity contribution is 0.0495. The molecule has 4 nitrogen and oxygen atoms in total. The molecule has 1 heterocycles. The van der Waals surface area contributed by atoms with E-state index in [2.05, 4.69) is 5.32 Å². The van der Waals surface area contributed by atoms with Gasteiger partial charge in [0.25, 0.3) is 0 Å². The molecule has 0 bridgehead atoms. The minimum Gasteiger partial charge on any atom is -0.444 e. The molecular weight excluding hydrogens is 242 g/mol. The molecule has 1 aliphatic heterocycles. The van der Waals surface area contributed by atoms with E-state index in [1.165, 1.54) is 5.56 Å². The van der Waals surface area contributed by atoms with Crippen LogP contribution in [-0.2, 0) is 15.9 Å². The zero-order chi connectivity index (χ0) is 13.9. The molecule has 0 saturated carbocycles. The maximum absolute atomic E-state index is 11.8. The third-order valence-electron chi connectivity index (χ3n) is 2.81. The van der Waals surface area contributed by atoms with E-state index in [1.807, 2.05) is 51.1 Å². The molecule has 1 aromatic rings. The molecule has 1 saturated heterocycles. The zero-order valence-corrected chi connectivity index (χ0v) is 11.7. The molecular formula is C15H21NO3. The normalized spacial score (nSPS) is 19.6. The average molecular weight is 263 g/mol. The molecule has 19 heavy (non-hydrogen) atoms. The fraction of sp³-hybridized carbons (Fsp3) is 0.533. The SMILES string of the molecule is CC(C)(C)OC(=O)N[C@H](Cc1ccccc1)C1CO1.